The van der Waals surface area contributed by atoms with E-state index in [1.165, 1.54) is 11.8 Å². The molecule has 0 fully saturated rings. The molecule has 1 unspecified atom stereocenters. The Labute approximate surface area is 105 Å². The summed E-state index contributed by atoms with van der Waals surface area (Å²) in [6, 6.07) is 6.84. The average Bonchev–Trinajstić information content (AvgIpc) is 2.54. The molecule has 1 aliphatic rings. The van der Waals surface area contributed by atoms with Crippen molar-refractivity contribution < 1.29 is 9.59 Å². The fraction of sp³-hybridized carbons (Fsp3) is 0.308. The molecule has 0 radical (unpaired) electrons. The molecule has 1 aliphatic heterocycles. The van der Waals surface area contributed by atoms with Crippen molar-refractivity contribution in [2.24, 2.45) is 0 Å². The molecule has 0 aromatic heterocycles. The lowest BCUT2D eigenvalue weighted by Crippen LogP contribution is -2.36. The van der Waals surface area contributed by atoms with Crippen molar-refractivity contribution in [2.45, 2.75) is 19.9 Å². The number of amides is 2. The Bertz CT molecular complexity index is 560. The van der Waals surface area contributed by atoms with E-state index in [0.717, 1.165) is 11.1 Å². The van der Waals surface area contributed by atoms with Crippen LogP contribution in [0.2, 0.25) is 0 Å². The Morgan fingerprint density at radius 2 is 2.28 bits per heavy atom. The third-order valence-electron chi connectivity index (χ3n) is 2.87. The third-order valence-corrected chi connectivity index (χ3v) is 2.87. The highest BCUT2D eigenvalue weighted by atomic mass is 16.2. The van der Waals surface area contributed by atoms with Gasteiger partial charge in [-0.15, -0.1) is 0 Å². The molecule has 1 aromatic carbocycles. The Morgan fingerprint density at radius 3 is 2.89 bits per heavy atom. The zero-order valence-corrected chi connectivity index (χ0v) is 10.2. The van der Waals surface area contributed by atoms with E-state index < -0.39 is 6.04 Å². The minimum absolute atomic E-state index is 0.00895. The van der Waals surface area contributed by atoms with Gasteiger partial charge in [-0.25, -0.2) is 0 Å². The molecule has 0 saturated carbocycles. The van der Waals surface area contributed by atoms with Crippen molar-refractivity contribution in [1.82, 2.24) is 5.32 Å². The molecule has 1 aromatic rings. The zero-order chi connectivity index (χ0) is 13.3. The minimum atomic E-state index is -0.675. The number of carbonyl (C=O) groups is 2. The van der Waals surface area contributed by atoms with Gasteiger partial charge in [-0.1, -0.05) is 17.7 Å². The number of hydrogen-bond acceptors (Lipinski definition) is 3. The van der Waals surface area contributed by atoms with Crippen molar-refractivity contribution in [3.63, 3.8) is 0 Å². The van der Waals surface area contributed by atoms with Gasteiger partial charge in [0.2, 0.25) is 5.91 Å². The van der Waals surface area contributed by atoms with Crippen molar-refractivity contribution >= 4 is 17.5 Å². The Morgan fingerprint density at radius 1 is 1.56 bits per heavy atom. The number of aryl methyl sites for hydroxylation is 1. The number of rotatable bonds is 2. The molecule has 0 spiro atoms. The van der Waals surface area contributed by atoms with E-state index in [0.29, 0.717) is 5.69 Å². The quantitative estimate of drug-likeness (QED) is 0.789. The monoisotopic (exact) mass is 243 g/mol. The molecule has 1 N–H and O–H groups in total. The van der Waals surface area contributed by atoms with Gasteiger partial charge in [0.05, 0.1) is 11.8 Å². The van der Waals surface area contributed by atoms with Gasteiger partial charge < -0.3 is 5.32 Å². The summed E-state index contributed by atoms with van der Waals surface area (Å²) in [5, 5.41) is 11.4. The van der Waals surface area contributed by atoms with E-state index in [9.17, 15) is 9.59 Å². The Balaban J connectivity index is 2.47. The lowest BCUT2D eigenvalue weighted by molar-refractivity contribution is -0.126. The number of nitrogens with zero attached hydrogens (tertiary/aromatic N) is 2. The second-order valence-electron chi connectivity index (χ2n) is 4.28. The van der Waals surface area contributed by atoms with Crippen LogP contribution < -0.4 is 10.2 Å². The molecule has 1 atom stereocenters. The first kappa shape index (κ1) is 12.1. The Hall–Kier alpha value is -2.35. The number of hydrogen-bond donors (Lipinski definition) is 1. The van der Waals surface area contributed by atoms with Crippen LogP contribution in [0, 0.1) is 18.3 Å². The van der Waals surface area contributed by atoms with E-state index >= 15 is 0 Å². The maximum Gasteiger partial charge on any atom is 0.255 e. The highest BCUT2D eigenvalue weighted by Crippen LogP contribution is 2.36. The first-order valence-corrected chi connectivity index (χ1v) is 5.60. The van der Waals surface area contributed by atoms with Crippen LogP contribution in [0.25, 0.3) is 0 Å². The first-order valence-electron chi connectivity index (χ1n) is 5.60. The summed E-state index contributed by atoms with van der Waals surface area (Å²) in [6.45, 7) is 3.28. The SMILES string of the molecule is CC(=O)NC1C(=O)N(CC#N)c2ccc(C)cc21. The second kappa shape index (κ2) is 4.49. The van der Waals surface area contributed by atoms with Gasteiger partial charge in [-0.2, -0.15) is 5.26 Å². The van der Waals surface area contributed by atoms with Gasteiger partial charge in [0.1, 0.15) is 12.6 Å². The lowest BCUT2D eigenvalue weighted by atomic mass is 10.1. The number of fused-ring (bicyclic) bond motifs is 1. The highest BCUT2D eigenvalue weighted by Gasteiger charge is 2.37. The topological polar surface area (TPSA) is 73.2 Å². The smallest absolute Gasteiger partial charge is 0.255 e. The van der Waals surface area contributed by atoms with Crippen LogP contribution >= 0.6 is 0 Å². The summed E-state index contributed by atoms with van der Waals surface area (Å²) in [5.41, 5.74) is 2.46. The van der Waals surface area contributed by atoms with Gasteiger partial charge in [0, 0.05) is 12.5 Å². The summed E-state index contributed by atoms with van der Waals surface area (Å²) in [5.74, 6) is -0.521. The van der Waals surface area contributed by atoms with Crippen LogP contribution in [0.3, 0.4) is 0 Å². The maximum absolute atomic E-state index is 12.2. The van der Waals surface area contributed by atoms with Crippen molar-refractivity contribution in [3.8, 4) is 6.07 Å². The molecule has 0 aliphatic carbocycles. The standard InChI is InChI=1S/C13H13N3O2/c1-8-3-4-11-10(7-8)12(15-9(2)17)13(18)16(11)6-5-14/h3-4,7,12H,6H2,1-2H3,(H,15,17). The van der Waals surface area contributed by atoms with Gasteiger partial charge in [-0.3, -0.25) is 14.5 Å². The van der Waals surface area contributed by atoms with Crippen LogP contribution in [0.15, 0.2) is 18.2 Å². The summed E-state index contributed by atoms with van der Waals surface area (Å²) in [7, 11) is 0. The zero-order valence-electron chi connectivity index (χ0n) is 10.2. The van der Waals surface area contributed by atoms with E-state index in [2.05, 4.69) is 5.32 Å². The number of carbonyl (C=O) groups excluding carboxylic acids is 2. The van der Waals surface area contributed by atoms with Crippen LogP contribution in [-0.2, 0) is 9.59 Å². The molecule has 0 bridgehead atoms. The Kier molecular flexibility index (Phi) is 3.02. The molecule has 5 heteroatoms. The minimum Gasteiger partial charge on any atom is -0.341 e. The largest absolute Gasteiger partial charge is 0.341 e. The van der Waals surface area contributed by atoms with E-state index in [1.807, 2.05) is 31.2 Å². The summed E-state index contributed by atoms with van der Waals surface area (Å²) >= 11 is 0. The van der Waals surface area contributed by atoms with Gasteiger partial charge in [0.15, 0.2) is 0 Å². The molecule has 5 nitrogen and oxygen atoms in total. The van der Waals surface area contributed by atoms with Crippen LogP contribution in [-0.4, -0.2) is 18.4 Å². The van der Waals surface area contributed by atoms with Crippen LogP contribution in [0.4, 0.5) is 5.69 Å². The van der Waals surface area contributed by atoms with Crippen LogP contribution in [0.1, 0.15) is 24.1 Å². The summed E-state index contributed by atoms with van der Waals surface area (Å²) in [6.07, 6.45) is 0. The normalized spacial score (nSPS) is 17.3. The second-order valence-corrected chi connectivity index (χ2v) is 4.28. The fourth-order valence-corrected chi connectivity index (χ4v) is 2.14. The van der Waals surface area contributed by atoms with Crippen molar-refractivity contribution in [2.75, 3.05) is 11.4 Å². The number of nitriles is 1. The molecular formula is C13H13N3O2. The van der Waals surface area contributed by atoms with Gasteiger partial charge in [-0.05, 0) is 13.0 Å². The summed E-state index contributed by atoms with van der Waals surface area (Å²) in [4.78, 5) is 24.7. The predicted molar refractivity (Wildman–Crippen MR) is 65.7 cm³/mol. The number of benzene rings is 1. The maximum atomic E-state index is 12.2. The molecule has 18 heavy (non-hydrogen) atoms. The van der Waals surface area contributed by atoms with Crippen LogP contribution in [0.5, 0.6) is 0 Å². The molecular weight excluding hydrogens is 230 g/mol. The van der Waals surface area contributed by atoms with Crippen molar-refractivity contribution in [3.05, 3.63) is 29.3 Å². The number of anilines is 1. The molecule has 2 amide bonds. The fourth-order valence-electron chi connectivity index (χ4n) is 2.14. The van der Waals surface area contributed by atoms with E-state index in [-0.39, 0.29) is 18.4 Å². The van der Waals surface area contributed by atoms with Gasteiger partial charge >= 0.3 is 0 Å². The van der Waals surface area contributed by atoms with E-state index in [1.54, 1.807) is 0 Å². The van der Waals surface area contributed by atoms with Crippen molar-refractivity contribution in [1.29, 1.82) is 5.26 Å². The summed E-state index contributed by atoms with van der Waals surface area (Å²) < 4.78 is 0. The van der Waals surface area contributed by atoms with E-state index in [4.69, 9.17) is 5.26 Å². The number of nitrogens with one attached hydrogen (secondary N) is 1. The highest BCUT2D eigenvalue weighted by molar-refractivity contribution is 6.06. The third kappa shape index (κ3) is 1.93. The molecule has 2 rings (SSSR count). The molecule has 0 saturated heterocycles. The first-order chi connectivity index (χ1) is 8.54. The lowest BCUT2D eigenvalue weighted by Gasteiger charge is -2.13. The predicted octanol–water partition coefficient (Wildman–Crippen LogP) is 1.04. The average molecular weight is 243 g/mol. The van der Waals surface area contributed by atoms with Gasteiger partial charge in [0.25, 0.3) is 5.91 Å². The molecule has 1 heterocycles. The molecule has 92 valence electrons.